The van der Waals surface area contributed by atoms with Crippen molar-refractivity contribution in [3.8, 4) is 0 Å². The largest absolute Gasteiger partial charge is 0.478 e. The Hall–Kier alpha value is -3.67. The van der Waals surface area contributed by atoms with E-state index in [1.54, 1.807) is 37.3 Å². The lowest BCUT2D eigenvalue weighted by molar-refractivity contribution is 0.0698. The predicted octanol–water partition coefficient (Wildman–Crippen LogP) is 5.33. The van der Waals surface area contributed by atoms with E-state index in [0.29, 0.717) is 27.8 Å². The molecule has 0 amide bonds. The van der Waals surface area contributed by atoms with E-state index in [-0.39, 0.29) is 16.8 Å². The number of rotatable bonds is 7. The number of carboxylic acids is 1. The zero-order valence-electron chi connectivity index (χ0n) is 18.2. The minimum absolute atomic E-state index is 0.202. The monoisotopic (exact) mass is 429 g/mol. The minimum Gasteiger partial charge on any atom is -0.478 e. The number of hydrogen-bond acceptors (Lipinski definition) is 3. The fourth-order valence-electron chi connectivity index (χ4n) is 3.52. The molecule has 1 unspecified atom stereocenters. The van der Waals surface area contributed by atoms with E-state index in [1.165, 1.54) is 18.2 Å². The van der Waals surface area contributed by atoms with E-state index in [9.17, 15) is 19.1 Å². The zero-order valence-corrected chi connectivity index (χ0v) is 18.2. The molecular formula is C26H23BFO4. The van der Waals surface area contributed by atoms with Crippen molar-refractivity contribution in [2.45, 2.75) is 26.6 Å². The number of aromatic carboxylic acids is 1. The van der Waals surface area contributed by atoms with Crippen LogP contribution in [-0.2, 0) is 0 Å². The maximum atomic E-state index is 13.4. The molecule has 0 bridgehead atoms. The first-order chi connectivity index (χ1) is 15.2. The van der Waals surface area contributed by atoms with Gasteiger partial charge in [-0.05, 0) is 60.6 Å². The number of fused-ring (bicyclic) bond motifs is 1. The van der Waals surface area contributed by atoms with Crippen molar-refractivity contribution in [2.24, 2.45) is 0 Å². The van der Waals surface area contributed by atoms with Gasteiger partial charge in [-0.1, -0.05) is 49.3 Å². The number of carbonyl (C=O) groups is 1. The van der Waals surface area contributed by atoms with Gasteiger partial charge in [0.1, 0.15) is 17.2 Å². The first kappa shape index (κ1) is 23.0. The van der Waals surface area contributed by atoms with Crippen LogP contribution in [-0.4, -0.2) is 18.4 Å². The van der Waals surface area contributed by atoms with Gasteiger partial charge in [-0.25, -0.2) is 9.18 Å². The summed E-state index contributed by atoms with van der Waals surface area (Å²) in [6.07, 6.45) is 3.86. The van der Waals surface area contributed by atoms with E-state index in [4.69, 9.17) is 4.42 Å². The molecule has 0 fully saturated rings. The summed E-state index contributed by atoms with van der Waals surface area (Å²) in [6.45, 7) is 8.91. The third-order valence-corrected chi connectivity index (χ3v) is 5.19. The molecule has 4 nitrogen and oxygen atoms in total. The first-order valence-electron chi connectivity index (χ1n) is 10.1. The molecule has 6 heteroatoms. The Labute approximate surface area is 186 Å². The normalized spacial score (nSPS) is 13.1. The van der Waals surface area contributed by atoms with Gasteiger partial charge in [0, 0.05) is 6.07 Å². The van der Waals surface area contributed by atoms with Crippen LogP contribution in [0.4, 0.5) is 4.39 Å². The lowest BCUT2D eigenvalue weighted by atomic mass is 9.56. The van der Waals surface area contributed by atoms with Crippen LogP contribution < -0.4 is 10.9 Å². The molecule has 1 atom stereocenters. The molecule has 3 aromatic rings. The van der Waals surface area contributed by atoms with E-state index in [2.05, 4.69) is 6.58 Å². The fraction of sp³-hybridized carbons (Fsp3) is 0.154. The molecule has 0 saturated carbocycles. The standard InChI is InChI=1S/C26H23BFO4/c1-5-18(28)11-10-16(3)24-14-23(29)21-13-15(2)12-20(25(21)32-24)17(4)27-22-9-7-6-8-19(22)26(30)31/h5-14,17H,1H2,2-4H3,(H,30,31)/b16-10+,18-11+. The van der Waals surface area contributed by atoms with Crippen LogP contribution >= 0.6 is 0 Å². The molecule has 1 N–H and O–H groups in total. The number of allylic oxidation sites excluding steroid dienone is 5. The first-order valence-corrected chi connectivity index (χ1v) is 10.1. The van der Waals surface area contributed by atoms with E-state index >= 15 is 0 Å². The Morgan fingerprint density at radius 3 is 2.62 bits per heavy atom. The van der Waals surface area contributed by atoms with Crippen LogP contribution in [0.1, 0.15) is 46.9 Å². The molecule has 0 aliphatic heterocycles. The molecule has 0 spiro atoms. The summed E-state index contributed by atoms with van der Waals surface area (Å²) in [6, 6.07) is 11.8. The van der Waals surface area contributed by atoms with Crippen molar-refractivity contribution < 1.29 is 18.7 Å². The quantitative estimate of drug-likeness (QED) is 0.407. The molecule has 2 aromatic carbocycles. The molecule has 0 aliphatic rings. The average Bonchev–Trinajstić information content (AvgIpc) is 2.77. The van der Waals surface area contributed by atoms with Crippen LogP contribution in [0.2, 0.25) is 0 Å². The maximum Gasteiger partial charge on any atom is 0.335 e. The van der Waals surface area contributed by atoms with Gasteiger partial charge in [-0.3, -0.25) is 4.79 Å². The van der Waals surface area contributed by atoms with E-state index in [1.807, 2.05) is 27.2 Å². The van der Waals surface area contributed by atoms with Gasteiger partial charge >= 0.3 is 5.97 Å². The van der Waals surface area contributed by atoms with Crippen LogP contribution in [0.25, 0.3) is 16.5 Å². The van der Waals surface area contributed by atoms with Gasteiger partial charge in [0.2, 0.25) is 0 Å². The Balaban J connectivity index is 2.13. The predicted molar refractivity (Wildman–Crippen MR) is 127 cm³/mol. The molecule has 1 radical (unpaired) electrons. The van der Waals surface area contributed by atoms with Gasteiger partial charge in [0.15, 0.2) is 12.7 Å². The number of halogens is 1. The highest BCUT2D eigenvalue weighted by Crippen LogP contribution is 2.28. The van der Waals surface area contributed by atoms with Crippen LogP contribution in [0, 0.1) is 6.92 Å². The summed E-state index contributed by atoms with van der Waals surface area (Å²) in [7, 11) is 1.84. The van der Waals surface area contributed by atoms with Crippen molar-refractivity contribution in [3.63, 3.8) is 0 Å². The third-order valence-electron chi connectivity index (χ3n) is 5.19. The summed E-state index contributed by atoms with van der Waals surface area (Å²) in [5.41, 5.74) is 3.25. The van der Waals surface area contributed by atoms with Gasteiger partial charge in [-0.2, -0.15) is 0 Å². The molecule has 0 saturated heterocycles. The number of benzene rings is 2. The van der Waals surface area contributed by atoms with Crippen molar-refractivity contribution in [1.29, 1.82) is 0 Å². The van der Waals surface area contributed by atoms with Crippen LogP contribution in [0.3, 0.4) is 0 Å². The number of carboxylic acid groups (broad SMARTS) is 1. The highest BCUT2D eigenvalue weighted by atomic mass is 19.1. The summed E-state index contributed by atoms with van der Waals surface area (Å²) in [4.78, 5) is 24.4. The van der Waals surface area contributed by atoms with Crippen molar-refractivity contribution in [2.75, 3.05) is 0 Å². The summed E-state index contributed by atoms with van der Waals surface area (Å²) in [5.74, 6) is -1.41. The van der Waals surface area contributed by atoms with Crippen LogP contribution in [0.5, 0.6) is 0 Å². The van der Waals surface area contributed by atoms with Gasteiger partial charge in [0.05, 0.1) is 10.9 Å². The smallest absolute Gasteiger partial charge is 0.335 e. The number of hydrogen-bond donors (Lipinski definition) is 1. The van der Waals surface area contributed by atoms with E-state index < -0.39 is 11.8 Å². The maximum absolute atomic E-state index is 13.4. The van der Waals surface area contributed by atoms with Crippen LogP contribution in [0.15, 0.2) is 82.3 Å². The van der Waals surface area contributed by atoms with Crippen molar-refractivity contribution in [1.82, 2.24) is 0 Å². The minimum atomic E-state index is -1.01. The van der Waals surface area contributed by atoms with Gasteiger partial charge in [0.25, 0.3) is 0 Å². The van der Waals surface area contributed by atoms with E-state index in [0.717, 1.165) is 17.2 Å². The number of aryl methyl sites for hydroxylation is 1. The molecule has 1 heterocycles. The fourth-order valence-corrected chi connectivity index (χ4v) is 3.52. The Morgan fingerprint density at radius 2 is 1.94 bits per heavy atom. The topological polar surface area (TPSA) is 67.5 Å². The molecule has 1 aromatic heterocycles. The molecular weight excluding hydrogens is 406 g/mol. The lowest BCUT2D eigenvalue weighted by Crippen LogP contribution is -2.26. The van der Waals surface area contributed by atoms with Gasteiger partial charge < -0.3 is 9.52 Å². The molecule has 3 rings (SSSR count). The molecule has 0 aliphatic carbocycles. The van der Waals surface area contributed by atoms with Gasteiger partial charge in [-0.15, -0.1) is 0 Å². The summed E-state index contributed by atoms with van der Waals surface area (Å²) >= 11 is 0. The Kier molecular flexibility index (Phi) is 6.93. The highest BCUT2D eigenvalue weighted by molar-refractivity contribution is 6.57. The lowest BCUT2D eigenvalue weighted by Gasteiger charge is -2.16. The summed E-state index contributed by atoms with van der Waals surface area (Å²) in [5, 5.41) is 9.92. The Bertz CT molecular complexity index is 1320. The molecule has 32 heavy (non-hydrogen) atoms. The second kappa shape index (κ2) is 9.64. The average molecular weight is 429 g/mol. The zero-order chi connectivity index (χ0) is 23.4. The molecule has 161 valence electrons. The second-order valence-electron chi connectivity index (χ2n) is 7.66. The third kappa shape index (κ3) is 4.97. The highest BCUT2D eigenvalue weighted by Gasteiger charge is 2.19. The van der Waals surface area contributed by atoms with Crippen molar-refractivity contribution in [3.05, 3.63) is 106 Å². The Morgan fingerprint density at radius 1 is 1.22 bits per heavy atom. The summed E-state index contributed by atoms with van der Waals surface area (Å²) < 4.78 is 19.5. The second-order valence-corrected chi connectivity index (χ2v) is 7.66. The van der Waals surface area contributed by atoms with Crippen molar-refractivity contribution >= 4 is 35.3 Å². The SMILES string of the molecule is C=C/C(F)=C\C=C(/C)c1cc(=O)c2cc(C)cc(C(C)[B]c3ccccc3C(=O)O)c2o1.